The third-order valence-electron chi connectivity index (χ3n) is 8.84. The molecule has 5 amide bonds. The Bertz CT molecular complexity index is 1680. The van der Waals surface area contributed by atoms with Crippen molar-refractivity contribution in [2.75, 3.05) is 56.1 Å². The number of fused-ring (bicyclic) bond motifs is 2. The fraction of sp³-hybridized carbons (Fsp3) is 0.432. The molecule has 274 valence electrons. The van der Waals surface area contributed by atoms with Gasteiger partial charge in [0.2, 0.25) is 6.79 Å². The van der Waals surface area contributed by atoms with Gasteiger partial charge < -0.3 is 49.8 Å². The number of halogens is 1. The number of anilines is 3. The minimum Gasteiger partial charge on any atom is -0.490 e. The summed E-state index contributed by atoms with van der Waals surface area (Å²) in [6, 6.07) is 13.9. The maximum Gasteiger partial charge on any atom is 0.323 e. The van der Waals surface area contributed by atoms with Crippen LogP contribution in [-0.2, 0) is 4.74 Å². The number of rotatable bonds is 7. The van der Waals surface area contributed by atoms with Gasteiger partial charge in [0.05, 0.1) is 30.4 Å². The molecule has 2 heterocycles. The van der Waals surface area contributed by atoms with Gasteiger partial charge in [-0.05, 0) is 87.7 Å². The number of aliphatic hydroxyl groups excluding tert-OH is 1. The molecule has 13 nitrogen and oxygen atoms in total. The number of nitrogens with one attached hydrogen (secondary N) is 3. The molecule has 2 aliphatic rings. The van der Waals surface area contributed by atoms with Gasteiger partial charge in [-0.2, -0.15) is 0 Å². The molecule has 2 aliphatic heterocycles. The summed E-state index contributed by atoms with van der Waals surface area (Å²) >= 11 is 0. The lowest BCUT2D eigenvalue weighted by atomic mass is 10.0. The van der Waals surface area contributed by atoms with Crippen molar-refractivity contribution in [1.29, 1.82) is 0 Å². The molecule has 4 N–H and O–H groups in total. The quantitative estimate of drug-likeness (QED) is 0.228. The van der Waals surface area contributed by atoms with Gasteiger partial charge in [0, 0.05) is 55.8 Å². The molecule has 0 radical (unpaired) electrons. The fourth-order valence-electron chi connectivity index (χ4n) is 5.84. The van der Waals surface area contributed by atoms with Gasteiger partial charge in [-0.1, -0.05) is 6.92 Å². The molecular weight excluding hydrogens is 661 g/mol. The van der Waals surface area contributed by atoms with Crippen molar-refractivity contribution in [1.82, 2.24) is 9.80 Å². The van der Waals surface area contributed by atoms with Gasteiger partial charge in [-0.15, -0.1) is 0 Å². The standard InChI is InChI=1S/C37H46FN5O8/c1-23-19-43(24(2)21-44)35(45)30-17-28(40-36(46)39-27-10-8-26(38)9-11-27)12-14-31(30)51-25(3)7-5-6-16-48-34(23)20-42(4)37(47)41-29-13-15-32-33(18-29)50-22-49-32/h8-15,17-18,23-25,34,44H,5-7,16,19-22H2,1-4H3,(H,41,47)(H2,39,40,46)/t23-,24+,25-,34-/m0/s1. The van der Waals surface area contributed by atoms with Gasteiger partial charge in [0.25, 0.3) is 5.91 Å². The van der Waals surface area contributed by atoms with Crippen LogP contribution in [-0.4, -0.2) is 91.3 Å². The Kier molecular flexibility index (Phi) is 12.6. The summed E-state index contributed by atoms with van der Waals surface area (Å²) in [4.78, 5) is 43.5. The molecule has 0 spiro atoms. The second-order valence-electron chi connectivity index (χ2n) is 13.0. The SMILES string of the molecule is C[C@H](CO)N1C[C@H](C)[C@H](CN(C)C(=O)Nc2ccc3c(c2)OCO3)OCCCC[C@H](C)Oc2ccc(NC(=O)Nc3ccc(F)cc3)cc2C1=O. The van der Waals surface area contributed by atoms with Gasteiger partial charge in [0.15, 0.2) is 11.5 Å². The van der Waals surface area contributed by atoms with Crippen LogP contribution in [0.15, 0.2) is 60.7 Å². The zero-order chi connectivity index (χ0) is 36.5. The second-order valence-corrected chi connectivity index (χ2v) is 13.0. The monoisotopic (exact) mass is 707 g/mol. The van der Waals surface area contributed by atoms with Crippen LogP contribution in [0.4, 0.5) is 31.0 Å². The predicted molar refractivity (Wildman–Crippen MR) is 190 cm³/mol. The number of ether oxygens (including phenoxy) is 4. The smallest absolute Gasteiger partial charge is 0.323 e. The molecule has 0 aromatic heterocycles. The molecule has 0 aliphatic carbocycles. The van der Waals surface area contributed by atoms with Crippen molar-refractivity contribution in [2.45, 2.75) is 58.3 Å². The molecular formula is C37H46FN5O8. The van der Waals surface area contributed by atoms with Crippen molar-refractivity contribution >= 4 is 35.0 Å². The zero-order valence-electron chi connectivity index (χ0n) is 29.3. The molecule has 14 heteroatoms. The third-order valence-corrected chi connectivity index (χ3v) is 8.84. The van der Waals surface area contributed by atoms with Crippen LogP contribution in [0.25, 0.3) is 0 Å². The lowest BCUT2D eigenvalue weighted by Crippen LogP contribution is -2.48. The first-order valence-corrected chi connectivity index (χ1v) is 17.1. The van der Waals surface area contributed by atoms with Crippen LogP contribution in [0.1, 0.15) is 50.4 Å². The van der Waals surface area contributed by atoms with E-state index in [4.69, 9.17) is 18.9 Å². The average Bonchev–Trinajstić information content (AvgIpc) is 3.58. The third kappa shape index (κ3) is 10.0. The topological polar surface area (TPSA) is 151 Å². The van der Waals surface area contributed by atoms with E-state index in [1.807, 2.05) is 13.8 Å². The number of hydrogen-bond donors (Lipinski definition) is 4. The van der Waals surface area contributed by atoms with E-state index in [1.165, 1.54) is 29.2 Å². The van der Waals surface area contributed by atoms with E-state index in [-0.39, 0.29) is 50.1 Å². The molecule has 51 heavy (non-hydrogen) atoms. The number of carbonyl (C=O) groups is 3. The predicted octanol–water partition coefficient (Wildman–Crippen LogP) is 6.16. The highest BCUT2D eigenvalue weighted by Crippen LogP contribution is 2.34. The molecule has 5 rings (SSSR count). The van der Waals surface area contributed by atoms with Gasteiger partial charge >= 0.3 is 12.1 Å². The number of aliphatic hydroxyl groups is 1. The van der Waals surface area contributed by atoms with Gasteiger partial charge in [0.1, 0.15) is 11.6 Å². The number of carbonyl (C=O) groups excluding carboxylic acids is 3. The first-order valence-electron chi connectivity index (χ1n) is 17.1. The fourth-order valence-corrected chi connectivity index (χ4v) is 5.84. The van der Waals surface area contributed by atoms with Gasteiger partial charge in [-0.3, -0.25) is 4.79 Å². The van der Waals surface area contributed by atoms with E-state index in [1.54, 1.807) is 55.3 Å². The molecule has 0 fully saturated rings. The van der Waals surface area contributed by atoms with E-state index >= 15 is 0 Å². The van der Waals surface area contributed by atoms with Crippen LogP contribution >= 0.6 is 0 Å². The summed E-state index contributed by atoms with van der Waals surface area (Å²) in [6.07, 6.45) is 1.59. The highest BCUT2D eigenvalue weighted by atomic mass is 19.1. The molecule has 0 saturated heterocycles. The Hall–Kier alpha value is -5.08. The lowest BCUT2D eigenvalue weighted by Gasteiger charge is -2.35. The molecule has 3 aromatic rings. The Morgan fingerprint density at radius 1 is 0.941 bits per heavy atom. The molecule has 0 bridgehead atoms. The zero-order valence-corrected chi connectivity index (χ0v) is 29.3. The number of nitrogens with zero attached hydrogens (tertiary/aromatic N) is 2. The normalized spacial score (nSPS) is 19.9. The van der Waals surface area contributed by atoms with Crippen molar-refractivity contribution in [2.24, 2.45) is 5.92 Å². The number of hydrogen-bond acceptors (Lipinski definition) is 8. The summed E-state index contributed by atoms with van der Waals surface area (Å²) < 4.78 is 36.8. The Morgan fingerprint density at radius 2 is 1.61 bits per heavy atom. The lowest BCUT2D eigenvalue weighted by molar-refractivity contribution is -0.0115. The van der Waals surface area contributed by atoms with Crippen molar-refractivity contribution < 1.29 is 42.8 Å². The Labute approximate surface area is 297 Å². The summed E-state index contributed by atoms with van der Waals surface area (Å²) in [5.41, 5.74) is 1.50. The van der Waals surface area contributed by atoms with E-state index in [0.29, 0.717) is 47.3 Å². The van der Waals surface area contributed by atoms with Gasteiger partial charge in [-0.25, -0.2) is 14.0 Å². The van der Waals surface area contributed by atoms with E-state index < -0.39 is 29.9 Å². The number of amides is 5. The van der Waals surface area contributed by atoms with E-state index in [9.17, 15) is 23.9 Å². The molecule has 0 saturated carbocycles. The van der Waals surface area contributed by atoms with Crippen molar-refractivity contribution in [3.05, 3.63) is 72.0 Å². The number of likely N-dealkylation sites (N-methyl/N-ethyl adjacent to an activating group) is 1. The van der Waals surface area contributed by atoms with Crippen LogP contribution in [0.2, 0.25) is 0 Å². The molecule has 4 atom stereocenters. The van der Waals surface area contributed by atoms with Crippen LogP contribution < -0.4 is 30.2 Å². The molecule has 3 aromatic carbocycles. The average molecular weight is 708 g/mol. The Morgan fingerprint density at radius 3 is 2.35 bits per heavy atom. The Balaban J connectivity index is 1.34. The first-order chi connectivity index (χ1) is 24.5. The van der Waals surface area contributed by atoms with Crippen LogP contribution in [0, 0.1) is 11.7 Å². The van der Waals surface area contributed by atoms with Crippen molar-refractivity contribution in [3.8, 4) is 17.2 Å². The number of benzene rings is 3. The summed E-state index contributed by atoms with van der Waals surface area (Å²) in [5, 5.41) is 18.5. The van der Waals surface area contributed by atoms with Crippen LogP contribution in [0.5, 0.6) is 17.2 Å². The minimum absolute atomic E-state index is 0.129. The summed E-state index contributed by atoms with van der Waals surface area (Å²) in [7, 11) is 1.68. The highest BCUT2D eigenvalue weighted by molar-refractivity contribution is 6.02. The summed E-state index contributed by atoms with van der Waals surface area (Å²) in [5.74, 6) is 0.422. The van der Waals surface area contributed by atoms with Crippen LogP contribution in [0.3, 0.4) is 0 Å². The van der Waals surface area contributed by atoms with E-state index in [0.717, 1.165) is 12.8 Å². The summed E-state index contributed by atoms with van der Waals surface area (Å²) in [6.45, 7) is 6.33. The largest absolute Gasteiger partial charge is 0.490 e. The number of urea groups is 2. The second kappa shape index (κ2) is 17.2. The maximum absolute atomic E-state index is 14.4. The highest BCUT2D eigenvalue weighted by Gasteiger charge is 2.31. The molecule has 0 unspecified atom stereocenters. The minimum atomic E-state index is -0.579. The van der Waals surface area contributed by atoms with E-state index in [2.05, 4.69) is 16.0 Å². The maximum atomic E-state index is 14.4. The first kappa shape index (κ1) is 37.2. The van der Waals surface area contributed by atoms with Crippen molar-refractivity contribution in [3.63, 3.8) is 0 Å².